The number of carbonyl (C=O) groups excluding carboxylic acids is 1. The van der Waals surface area contributed by atoms with Gasteiger partial charge in [0, 0.05) is 24.5 Å². The van der Waals surface area contributed by atoms with Crippen molar-refractivity contribution in [2.75, 3.05) is 5.32 Å². The third-order valence-corrected chi connectivity index (χ3v) is 3.18. The first-order valence-electron chi connectivity index (χ1n) is 6.79. The first kappa shape index (κ1) is 13.2. The summed E-state index contributed by atoms with van der Waals surface area (Å²) in [6, 6.07) is 9.52. The highest BCUT2D eigenvalue weighted by Gasteiger charge is 2.06. The molecule has 0 fully saturated rings. The molecule has 2 aromatic heterocycles. The second-order valence-corrected chi connectivity index (χ2v) is 4.69. The van der Waals surface area contributed by atoms with Gasteiger partial charge in [0.15, 0.2) is 0 Å². The number of hydrogen-bond acceptors (Lipinski definition) is 4. The van der Waals surface area contributed by atoms with Crippen molar-refractivity contribution in [3.8, 4) is 0 Å². The summed E-state index contributed by atoms with van der Waals surface area (Å²) in [6.45, 7) is 0.685. The maximum absolute atomic E-state index is 12.0. The lowest BCUT2D eigenvalue weighted by Gasteiger charge is -2.08. The average Bonchev–Trinajstić information content (AvgIpc) is 3.01. The van der Waals surface area contributed by atoms with Crippen molar-refractivity contribution in [3.05, 3.63) is 49.2 Å². The number of aromatic nitrogens is 4. The smallest absolute Gasteiger partial charge is 0.224 e. The lowest BCUT2D eigenvalue weighted by atomic mass is 10.1. The van der Waals surface area contributed by atoms with Crippen molar-refractivity contribution >= 4 is 22.5 Å². The maximum atomic E-state index is 12.0. The minimum atomic E-state index is -0.00790. The Kier molecular flexibility index (Phi) is 3.86. The van der Waals surface area contributed by atoms with Crippen LogP contribution in [0, 0.1) is 0 Å². The molecule has 0 aliphatic rings. The molecule has 0 saturated heterocycles. The molecule has 1 aromatic carbocycles. The van der Waals surface area contributed by atoms with Crippen molar-refractivity contribution in [1.29, 1.82) is 0 Å². The van der Waals surface area contributed by atoms with Crippen molar-refractivity contribution in [3.63, 3.8) is 0 Å². The Morgan fingerprint density at radius 2 is 2.19 bits per heavy atom. The van der Waals surface area contributed by atoms with E-state index in [1.165, 1.54) is 6.33 Å². The highest BCUT2D eigenvalue weighted by Crippen LogP contribution is 2.21. The summed E-state index contributed by atoms with van der Waals surface area (Å²) in [5.41, 5.74) is 1.67. The van der Waals surface area contributed by atoms with Gasteiger partial charge in [-0.1, -0.05) is 6.07 Å². The zero-order chi connectivity index (χ0) is 14.5. The number of amides is 1. The van der Waals surface area contributed by atoms with Crippen LogP contribution in [-0.2, 0) is 11.3 Å². The fourth-order valence-corrected chi connectivity index (χ4v) is 2.17. The zero-order valence-corrected chi connectivity index (χ0v) is 11.4. The second-order valence-electron chi connectivity index (χ2n) is 4.69. The Morgan fingerprint density at radius 1 is 1.24 bits per heavy atom. The van der Waals surface area contributed by atoms with Gasteiger partial charge in [-0.3, -0.25) is 14.5 Å². The molecule has 0 aliphatic carbocycles. The van der Waals surface area contributed by atoms with Crippen LogP contribution in [-0.4, -0.2) is 25.7 Å². The van der Waals surface area contributed by atoms with E-state index in [1.807, 2.05) is 30.3 Å². The Labute approximate surface area is 121 Å². The van der Waals surface area contributed by atoms with Crippen molar-refractivity contribution < 1.29 is 4.79 Å². The van der Waals surface area contributed by atoms with Crippen LogP contribution in [0.4, 0.5) is 5.69 Å². The molecule has 0 radical (unpaired) electrons. The van der Waals surface area contributed by atoms with Crippen LogP contribution in [0.1, 0.15) is 12.8 Å². The van der Waals surface area contributed by atoms with Crippen LogP contribution < -0.4 is 5.32 Å². The zero-order valence-electron chi connectivity index (χ0n) is 11.4. The van der Waals surface area contributed by atoms with E-state index in [0.29, 0.717) is 13.0 Å². The van der Waals surface area contributed by atoms with Crippen LogP contribution >= 0.6 is 0 Å². The van der Waals surface area contributed by atoms with Crippen molar-refractivity contribution in [1.82, 2.24) is 19.7 Å². The molecule has 3 rings (SSSR count). The monoisotopic (exact) mass is 281 g/mol. The molecule has 2 heterocycles. The van der Waals surface area contributed by atoms with Gasteiger partial charge in [0.25, 0.3) is 0 Å². The molecule has 0 saturated carbocycles. The van der Waals surface area contributed by atoms with Crippen LogP contribution in [0.3, 0.4) is 0 Å². The summed E-state index contributed by atoms with van der Waals surface area (Å²) in [7, 11) is 0. The predicted octanol–water partition coefficient (Wildman–Crippen LogP) is 2.25. The summed E-state index contributed by atoms with van der Waals surface area (Å²) in [5, 5.41) is 7.89. The summed E-state index contributed by atoms with van der Waals surface area (Å²) in [4.78, 5) is 20.1. The van der Waals surface area contributed by atoms with Crippen LogP contribution in [0.25, 0.3) is 10.9 Å². The highest BCUT2D eigenvalue weighted by molar-refractivity contribution is 6.00. The Morgan fingerprint density at radius 3 is 3.05 bits per heavy atom. The molecule has 0 aliphatic heterocycles. The van der Waals surface area contributed by atoms with E-state index in [9.17, 15) is 4.79 Å². The van der Waals surface area contributed by atoms with E-state index in [-0.39, 0.29) is 5.91 Å². The standard InChI is InChI=1S/C15H15N5O/c21-15(7-3-9-20-11-16-10-18-20)19-14-6-1-5-13-12(14)4-2-8-17-13/h1-2,4-6,8,10-11H,3,7,9H2,(H,19,21). The molecule has 1 N–H and O–H groups in total. The number of rotatable bonds is 5. The Hall–Kier alpha value is -2.76. The molecule has 6 heteroatoms. The fourth-order valence-electron chi connectivity index (χ4n) is 2.17. The fraction of sp³-hybridized carbons (Fsp3) is 0.200. The van der Waals surface area contributed by atoms with Gasteiger partial charge < -0.3 is 5.32 Å². The molecule has 0 spiro atoms. The Balaban J connectivity index is 1.61. The number of hydrogen-bond donors (Lipinski definition) is 1. The lowest BCUT2D eigenvalue weighted by molar-refractivity contribution is -0.116. The summed E-state index contributed by atoms with van der Waals surface area (Å²) < 4.78 is 1.72. The third-order valence-electron chi connectivity index (χ3n) is 3.18. The number of aryl methyl sites for hydroxylation is 1. The van der Waals surface area contributed by atoms with E-state index >= 15 is 0 Å². The molecule has 0 unspecified atom stereocenters. The van der Waals surface area contributed by atoms with E-state index < -0.39 is 0 Å². The number of pyridine rings is 1. The molecule has 21 heavy (non-hydrogen) atoms. The van der Waals surface area contributed by atoms with Crippen LogP contribution in [0.15, 0.2) is 49.2 Å². The molecule has 1 amide bonds. The van der Waals surface area contributed by atoms with E-state index in [1.54, 1.807) is 17.2 Å². The van der Waals surface area contributed by atoms with Gasteiger partial charge in [-0.2, -0.15) is 5.10 Å². The Bertz CT molecular complexity index is 733. The van der Waals surface area contributed by atoms with Crippen molar-refractivity contribution in [2.24, 2.45) is 0 Å². The normalized spacial score (nSPS) is 10.7. The highest BCUT2D eigenvalue weighted by atomic mass is 16.1. The summed E-state index contributed by atoms with van der Waals surface area (Å²) in [6.07, 6.45) is 6.04. The number of nitrogens with one attached hydrogen (secondary N) is 1. The number of carbonyl (C=O) groups is 1. The van der Waals surface area contributed by atoms with Gasteiger partial charge in [-0.25, -0.2) is 4.98 Å². The van der Waals surface area contributed by atoms with E-state index in [4.69, 9.17) is 0 Å². The van der Waals surface area contributed by atoms with Crippen molar-refractivity contribution in [2.45, 2.75) is 19.4 Å². The van der Waals surface area contributed by atoms with Gasteiger partial charge in [-0.05, 0) is 30.7 Å². The maximum Gasteiger partial charge on any atom is 0.224 e. The molecule has 0 bridgehead atoms. The first-order valence-corrected chi connectivity index (χ1v) is 6.79. The first-order chi connectivity index (χ1) is 10.3. The third kappa shape index (κ3) is 3.22. The number of benzene rings is 1. The van der Waals surface area contributed by atoms with E-state index in [0.717, 1.165) is 23.0 Å². The largest absolute Gasteiger partial charge is 0.325 e. The van der Waals surface area contributed by atoms with Crippen LogP contribution in [0.5, 0.6) is 0 Å². The van der Waals surface area contributed by atoms with Gasteiger partial charge in [0.1, 0.15) is 12.7 Å². The topological polar surface area (TPSA) is 72.7 Å². The summed E-state index contributed by atoms with van der Waals surface area (Å²) >= 11 is 0. The van der Waals surface area contributed by atoms with Crippen LogP contribution in [0.2, 0.25) is 0 Å². The van der Waals surface area contributed by atoms with Gasteiger partial charge in [0.2, 0.25) is 5.91 Å². The van der Waals surface area contributed by atoms with Gasteiger partial charge in [0.05, 0.1) is 11.2 Å². The number of anilines is 1. The molecule has 6 nitrogen and oxygen atoms in total. The SMILES string of the molecule is O=C(CCCn1cncn1)Nc1cccc2ncccc12. The molecular formula is C15H15N5O. The van der Waals surface area contributed by atoms with Gasteiger partial charge >= 0.3 is 0 Å². The molecule has 0 atom stereocenters. The summed E-state index contributed by atoms with van der Waals surface area (Å²) in [5.74, 6) is -0.00790. The minimum absolute atomic E-state index is 0.00790. The molecular weight excluding hydrogens is 266 g/mol. The predicted molar refractivity (Wildman–Crippen MR) is 79.6 cm³/mol. The number of nitrogens with zero attached hydrogens (tertiary/aromatic N) is 4. The number of fused-ring (bicyclic) bond motifs is 1. The lowest BCUT2D eigenvalue weighted by Crippen LogP contribution is -2.12. The average molecular weight is 281 g/mol. The molecule has 3 aromatic rings. The van der Waals surface area contributed by atoms with Gasteiger partial charge in [-0.15, -0.1) is 0 Å². The second kappa shape index (κ2) is 6.13. The quantitative estimate of drug-likeness (QED) is 0.778. The van der Waals surface area contributed by atoms with E-state index in [2.05, 4.69) is 20.4 Å². The molecule has 106 valence electrons. The minimum Gasteiger partial charge on any atom is -0.325 e.